The number of carbonyl (C=O) groups is 1. The summed E-state index contributed by atoms with van der Waals surface area (Å²) >= 11 is 0. The molecule has 0 unspecified atom stereocenters. The van der Waals surface area contributed by atoms with Crippen molar-refractivity contribution in [1.29, 1.82) is 0 Å². The maximum atomic E-state index is 12.1. The first-order valence-corrected chi connectivity index (χ1v) is 8.94. The summed E-state index contributed by atoms with van der Waals surface area (Å²) in [5.41, 5.74) is 0.993. The minimum Gasteiger partial charge on any atom is -0.493 e. The Morgan fingerprint density at radius 1 is 1.04 bits per heavy atom. The van der Waals surface area contributed by atoms with E-state index >= 15 is 0 Å². The van der Waals surface area contributed by atoms with Crippen LogP contribution in [0.2, 0.25) is 0 Å². The van der Waals surface area contributed by atoms with Gasteiger partial charge in [0.1, 0.15) is 0 Å². The Bertz CT molecular complexity index is 511. The van der Waals surface area contributed by atoms with Crippen LogP contribution in [0.4, 0.5) is 0 Å². The maximum absolute atomic E-state index is 12.1. The molecule has 0 aliphatic heterocycles. The molecule has 1 fully saturated rings. The number of ether oxygens (including phenoxy) is 2. The van der Waals surface area contributed by atoms with Crippen molar-refractivity contribution in [2.75, 3.05) is 20.8 Å². The Kier molecular flexibility index (Phi) is 7.89. The quantitative estimate of drug-likeness (QED) is 0.805. The van der Waals surface area contributed by atoms with Crippen LogP contribution in [0.5, 0.6) is 11.5 Å². The molecule has 0 spiro atoms. The highest BCUT2D eigenvalue weighted by Crippen LogP contribution is 2.27. The molecule has 0 aromatic heterocycles. The molecule has 1 aromatic carbocycles. The fourth-order valence-electron chi connectivity index (χ4n) is 3.15. The molecule has 2 rings (SSSR count). The van der Waals surface area contributed by atoms with Gasteiger partial charge in [-0.3, -0.25) is 4.79 Å². The zero-order valence-corrected chi connectivity index (χ0v) is 14.9. The zero-order chi connectivity index (χ0) is 17.2. The Hall–Kier alpha value is -1.75. The van der Waals surface area contributed by atoms with Crippen molar-refractivity contribution in [2.45, 2.75) is 57.5 Å². The first-order valence-electron chi connectivity index (χ1n) is 8.94. The van der Waals surface area contributed by atoms with Gasteiger partial charge < -0.3 is 20.1 Å². The Labute approximate surface area is 145 Å². The van der Waals surface area contributed by atoms with E-state index in [4.69, 9.17) is 9.47 Å². The molecule has 1 aliphatic carbocycles. The molecule has 2 N–H and O–H groups in total. The SMILES string of the molecule is COc1ccc(CNC(=O)CNC2CCCCCCC2)cc1OC. The normalized spacial score (nSPS) is 16.1. The number of hydrogen-bond donors (Lipinski definition) is 2. The van der Waals surface area contributed by atoms with Gasteiger partial charge >= 0.3 is 0 Å². The van der Waals surface area contributed by atoms with Crippen molar-refractivity contribution in [3.05, 3.63) is 23.8 Å². The molecule has 134 valence electrons. The molecule has 5 heteroatoms. The maximum Gasteiger partial charge on any atom is 0.234 e. The summed E-state index contributed by atoms with van der Waals surface area (Å²) in [5.74, 6) is 1.40. The lowest BCUT2D eigenvalue weighted by Crippen LogP contribution is -2.39. The second-order valence-electron chi connectivity index (χ2n) is 6.39. The van der Waals surface area contributed by atoms with Crippen molar-refractivity contribution in [3.8, 4) is 11.5 Å². The van der Waals surface area contributed by atoms with Gasteiger partial charge in [-0.15, -0.1) is 0 Å². The van der Waals surface area contributed by atoms with Crippen molar-refractivity contribution < 1.29 is 14.3 Å². The van der Waals surface area contributed by atoms with E-state index in [-0.39, 0.29) is 5.91 Å². The van der Waals surface area contributed by atoms with Crippen molar-refractivity contribution >= 4 is 5.91 Å². The van der Waals surface area contributed by atoms with Crippen molar-refractivity contribution in [3.63, 3.8) is 0 Å². The molecule has 1 aromatic rings. The van der Waals surface area contributed by atoms with Crippen LogP contribution in [-0.4, -0.2) is 32.7 Å². The van der Waals surface area contributed by atoms with Gasteiger partial charge in [0, 0.05) is 12.6 Å². The van der Waals surface area contributed by atoms with Gasteiger partial charge in [-0.05, 0) is 30.5 Å². The van der Waals surface area contributed by atoms with Crippen LogP contribution in [-0.2, 0) is 11.3 Å². The molecule has 0 bridgehead atoms. The highest BCUT2D eigenvalue weighted by Gasteiger charge is 2.12. The predicted molar refractivity (Wildman–Crippen MR) is 95.5 cm³/mol. The van der Waals surface area contributed by atoms with Gasteiger partial charge in [0.2, 0.25) is 5.91 Å². The molecule has 0 heterocycles. The molecular weight excluding hydrogens is 304 g/mol. The topological polar surface area (TPSA) is 59.6 Å². The van der Waals surface area contributed by atoms with Crippen LogP contribution in [0.15, 0.2) is 18.2 Å². The molecule has 1 saturated carbocycles. The average molecular weight is 334 g/mol. The first kappa shape index (κ1) is 18.6. The summed E-state index contributed by atoms with van der Waals surface area (Å²) < 4.78 is 10.5. The highest BCUT2D eigenvalue weighted by atomic mass is 16.5. The molecule has 0 saturated heterocycles. The number of benzene rings is 1. The minimum absolute atomic E-state index is 0.0341. The van der Waals surface area contributed by atoms with E-state index in [1.807, 2.05) is 18.2 Å². The third kappa shape index (κ3) is 6.04. The summed E-state index contributed by atoms with van der Waals surface area (Å²) in [6.45, 7) is 0.878. The number of hydrogen-bond acceptors (Lipinski definition) is 4. The molecule has 0 atom stereocenters. The second-order valence-corrected chi connectivity index (χ2v) is 6.39. The third-order valence-electron chi connectivity index (χ3n) is 4.59. The van der Waals surface area contributed by atoms with Crippen LogP contribution in [0.25, 0.3) is 0 Å². The number of methoxy groups -OCH3 is 2. The average Bonchev–Trinajstić information content (AvgIpc) is 2.58. The molecule has 1 aliphatic rings. The lowest BCUT2D eigenvalue weighted by atomic mass is 9.97. The van der Waals surface area contributed by atoms with Gasteiger partial charge in [-0.25, -0.2) is 0 Å². The summed E-state index contributed by atoms with van der Waals surface area (Å²) in [6.07, 6.45) is 8.91. The van der Waals surface area contributed by atoms with Crippen LogP contribution in [0, 0.1) is 0 Å². The molecular formula is C19H30N2O3. The van der Waals surface area contributed by atoms with E-state index in [0.717, 1.165) is 5.56 Å². The second kappa shape index (κ2) is 10.2. The fourth-order valence-corrected chi connectivity index (χ4v) is 3.15. The molecule has 1 amide bonds. The van der Waals surface area contributed by atoms with Gasteiger partial charge in [0.25, 0.3) is 0 Å². The van der Waals surface area contributed by atoms with E-state index in [1.165, 1.54) is 44.9 Å². The van der Waals surface area contributed by atoms with E-state index in [2.05, 4.69) is 10.6 Å². The minimum atomic E-state index is 0.0341. The summed E-state index contributed by atoms with van der Waals surface area (Å²) in [5, 5.41) is 6.37. The predicted octanol–water partition coefficient (Wildman–Crippen LogP) is 3.02. The zero-order valence-electron chi connectivity index (χ0n) is 14.9. The standard InChI is InChI=1S/C19H30N2O3/c1-23-17-11-10-15(12-18(17)24-2)13-21-19(22)14-20-16-8-6-4-3-5-7-9-16/h10-12,16,20H,3-9,13-14H2,1-2H3,(H,21,22). The number of carbonyl (C=O) groups excluding carboxylic acids is 1. The van der Waals surface area contributed by atoms with Gasteiger partial charge in [0.15, 0.2) is 11.5 Å². The van der Waals surface area contributed by atoms with E-state index in [0.29, 0.717) is 30.6 Å². The van der Waals surface area contributed by atoms with Gasteiger partial charge in [-0.2, -0.15) is 0 Å². The van der Waals surface area contributed by atoms with Crippen molar-refractivity contribution in [1.82, 2.24) is 10.6 Å². The smallest absolute Gasteiger partial charge is 0.234 e. The van der Waals surface area contributed by atoms with E-state index in [9.17, 15) is 4.79 Å². The van der Waals surface area contributed by atoms with Crippen LogP contribution in [0.3, 0.4) is 0 Å². The monoisotopic (exact) mass is 334 g/mol. The Morgan fingerprint density at radius 3 is 2.38 bits per heavy atom. The van der Waals surface area contributed by atoms with Gasteiger partial charge in [-0.1, -0.05) is 38.2 Å². The summed E-state index contributed by atoms with van der Waals surface area (Å²) in [4.78, 5) is 12.1. The van der Waals surface area contributed by atoms with Crippen LogP contribution in [0.1, 0.15) is 50.5 Å². The number of nitrogens with one attached hydrogen (secondary N) is 2. The molecule has 5 nitrogen and oxygen atoms in total. The largest absolute Gasteiger partial charge is 0.493 e. The Morgan fingerprint density at radius 2 is 1.71 bits per heavy atom. The lowest BCUT2D eigenvalue weighted by molar-refractivity contribution is -0.120. The number of rotatable bonds is 7. The third-order valence-corrected chi connectivity index (χ3v) is 4.59. The molecule has 24 heavy (non-hydrogen) atoms. The summed E-state index contributed by atoms with van der Waals surface area (Å²) in [7, 11) is 3.22. The van der Waals surface area contributed by atoms with E-state index < -0.39 is 0 Å². The van der Waals surface area contributed by atoms with Crippen LogP contribution >= 0.6 is 0 Å². The Balaban J connectivity index is 1.74. The lowest BCUT2D eigenvalue weighted by Gasteiger charge is -2.20. The fraction of sp³-hybridized carbons (Fsp3) is 0.632. The van der Waals surface area contributed by atoms with Crippen molar-refractivity contribution in [2.24, 2.45) is 0 Å². The first-order chi connectivity index (χ1) is 11.7. The molecule has 0 radical (unpaired) electrons. The highest BCUT2D eigenvalue weighted by molar-refractivity contribution is 5.78. The van der Waals surface area contributed by atoms with Gasteiger partial charge in [0.05, 0.1) is 20.8 Å². The number of amides is 1. The van der Waals surface area contributed by atoms with Crippen LogP contribution < -0.4 is 20.1 Å². The summed E-state index contributed by atoms with van der Waals surface area (Å²) in [6, 6.07) is 6.16. The van der Waals surface area contributed by atoms with E-state index in [1.54, 1.807) is 14.2 Å².